The summed E-state index contributed by atoms with van der Waals surface area (Å²) in [6.07, 6.45) is 1.87. The predicted octanol–water partition coefficient (Wildman–Crippen LogP) is 3.09. The molecule has 6 heteroatoms. The van der Waals surface area contributed by atoms with Gasteiger partial charge in [-0.15, -0.1) is 0 Å². The molecular formula is C20H18N2O4. The molecule has 26 heavy (non-hydrogen) atoms. The van der Waals surface area contributed by atoms with Gasteiger partial charge in [0, 0.05) is 11.6 Å². The van der Waals surface area contributed by atoms with Crippen LogP contribution >= 0.6 is 0 Å². The number of hydrogen-bond donors (Lipinski definition) is 0. The maximum absolute atomic E-state index is 12.4. The highest BCUT2D eigenvalue weighted by atomic mass is 16.5. The highest BCUT2D eigenvalue weighted by molar-refractivity contribution is 6.08. The Morgan fingerprint density at radius 2 is 1.62 bits per heavy atom. The summed E-state index contributed by atoms with van der Waals surface area (Å²) in [7, 11) is 0. The van der Waals surface area contributed by atoms with Crippen molar-refractivity contribution in [1.29, 1.82) is 0 Å². The van der Waals surface area contributed by atoms with E-state index in [9.17, 15) is 14.4 Å². The Morgan fingerprint density at radius 1 is 0.962 bits per heavy atom. The molecule has 0 aromatic heterocycles. The third-order valence-electron chi connectivity index (χ3n) is 4.53. The lowest BCUT2D eigenvalue weighted by atomic mass is 10.1. The second kappa shape index (κ2) is 6.63. The number of Topliss-reactive ketones (excluding diaryl/α,β-unsaturated/α-hetero) is 1. The number of urea groups is 1. The fourth-order valence-corrected chi connectivity index (χ4v) is 2.96. The Morgan fingerprint density at radius 3 is 2.27 bits per heavy atom. The van der Waals surface area contributed by atoms with Gasteiger partial charge in [0.05, 0.1) is 6.54 Å². The molecule has 3 amide bonds. The van der Waals surface area contributed by atoms with Crippen molar-refractivity contribution in [3.05, 3.63) is 60.2 Å². The third kappa shape index (κ3) is 3.31. The standard InChI is InChI=1S/C20H18N2O4/c23-18(12-22-19(24)13-21(20(22)25)15-8-9-15)14-6-10-17(11-7-14)26-16-4-2-1-3-5-16/h1-7,10-11,15H,8-9,12-13H2. The van der Waals surface area contributed by atoms with E-state index in [1.54, 1.807) is 29.2 Å². The Labute approximate surface area is 151 Å². The molecule has 1 saturated carbocycles. The minimum atomic E-state index is -0.352. The van der Waals surface area contributed by atoms with Crippen molar-refractivity contribution in [3.63, 3.8) is 0 Å². The summed E-state index contributed by atoms with van der Waals surface area (Å²) in [6.45, 7) is -0.138. The molecule has 0 bridgehead atoms. The van der Waals surface area contributed by atoms with Crippen LogP contribution < -0.4 is 4.74 Å². The number of carbonyl (C=O) groups excluding carboxylic acids is 3. The lowest BCUT2D eigenvalue weighted by Gasteiger charge is -2.16. The zero-order valence-corrected chi connectivity index (χ0v) is 14.1. The van der Waals surface area contributed by atoms with Gasteiger partial charge in [-0.05, 0) is 49.2 Å². The first-order valence-corrected chi connectivity index (χ1v) is 8.59. The smallest absolute Gasteiger partial charge is 0.327 e. The van der Waals surface area contributed by atoms with E-state index in [4.69, 9.17) is 4.74 Å². The summed E-state index contributed by atoms with van der Waals surface area (Å²) >= 11 is 0. The van der Waals surface area contributed by atoms with Crippen molar-refractivity contribution >= 4 is 17.7 Å². The zero-order chi connectivity index (χ0) is 18.1. The average Bonchev–Trinajstić information content (AvgIpc) is 3.46. The average molecular weight is 350 g/mol. The SMILES string of the molecule is O=C(CN1C(=O)CN(C2CC2)C1=O)c1ccc(Oc2ccccc2)cc1. The molecule has 2 aliphatic rings. The van der Waals surface area contributed by atoms with Crippen LogP contribution in [0.2, 0.25) is 0 Å². The van der Waals surface area contributed by atoms with Crippen molar-refractivity contribution < 1.29 is 19.1 Å². The number of para-hydroxylation sites is 1. The molecule has 1 heterocycles. The Kier molecular flexibility index (Phi) is 4.16. The van der Waals surface area contributed by atoms with Gasteiger partial charge >= 0.3 is 6.03 Å². The summed E-state index contributed by atoms with van der Waals surface area (Å²) in [5.41, 5.74) is 0.441. The van der Waals surface area contributed by atoms with Crippen molar-refractivity contribution in [2.45, 2.75) is 18.9 Å². The van der Waals surface area contributed by atoms with Gasteiger partial charge in [0.2, 0.25) is 0 Å². The van der Waals surface area contributed by atoms with Gasteiger partial charge < -0.3 is 9.64 Å². The highest BCUT2D eigenvalue weighted by Crippen LogP contribution is 2.30. The normalized spacial score (nSPS) is 16.9. The number of nitrogens with zero attached hydrogens (tertiary/aromatic N) is 2. The molecular weight excluding hydrogens is 332 g/mol. The Hall–Kier alpha value is -3.15. The van der Waals surface area contributed by atoms with Gasteiger partial charge in [-0.25, -0.2) is 4.79 Å². The van der Waals surface area contributed by atoms with E-state index in [0.717, 1.165) is 17.7 Å². The van der Waals surface area contributed by atoms with Crippen molar-refractivity contribution in [1.82, 2.24) is 9.80 Å². The van der Waals surface area contributed by atoms with Crippen LogP contribution in [0, 0.1) is 0 Å². The largest absolute Gasteiger partial charge is 0.457 e. The third-order valence-corrected chi connectivity index (χ3v) is 4.53. The molecule has 132 valence electrons. The number of imide groups is 1. The van der Waals surface area contributed by atoms with E-state index in [-0.39, 0.29) is 36.9 Å². The summed E-state index contributed by atoms with van der Waals surface area (Å²) < 4.78 is 5.69. The fraction of sp³-hybridized carbons (Fsp3) is 0.250. The quantitative estimate of drug-likeness (QED) is 0.593. The first-order chi connectivity index (χ1) is 12.6. The van der Waals surface area contributed by atoms with Crippen molar-refractivity contribution in [2.75, 3.05) is 13.1 Å². The summed E-state index contributed by atoms with van der Waals surface area (Å²) in [4.78, 5) is 39.4. The van der Waals surface area contributed by atoms with Gasteiger partial charge in [-0.3, -0.25) is 14.5 Å². The van der Waals surface area contributed by atoms with Crippen LogP contribution in [-0.4, -0.2) is 46.7 Å². The lowest BCUT2D eigenvalue weighted by Crippen LogP contribution is -2.37. The van der Waals surface area contributed by atoms with Crippen LogP contribution in [0.3, 0.4) is 0 Å². The molecule has 1 aliphatic carbocycles. The molecule has 0 spiro atoms. The maximum Gasteiger partial charge on any atom is 0.327 e. The fourth-order valence-electron chi connectivity index (χ4n) is 2.96. The van der Waals surface area contributed by atoms with E-state index in [2.05, 4.69) is 0 Å². The summed E-state index contributed by atoms with van der Waals surface area (Å²) in [5, 5.41) is 0. The molecule has 0 atom stereocenters. The van der Waals surface area contributed by atoms with Gasteiger partial charge in [0.25, 0.3) is 5.91 Å². The molecule has 0 unspecified atom stereocenters. The topological polar surface area (TPSA) is 66.9 Å². The molecule has 0 N–H and O–H groups in total. The molecule has 4 rings (SSSR count). The van der Waals surface area contributed by atoms with E-state index < -0.39 is 0 Å². The number of carbonyl (C=O) groups is 3. The number of amides is 3. The van der Waals surface area contributed by atoms with E-state index in [1.165, 1.54) is 0 Å². The first-order valence-electron chi connectivity index (χ1n) is 8.59. The summed E-state index contributed by atoms with van der Waals surface area (Å²) in [5.74, 6) is 0.746. The number of rotatable bonds is 6. The van der Waals surface area contributed by atoms with Crippen molar-refractivity contribution in [2.24, 2.45) is 0 Å². The molecule has 0 radical (unpaired) electrons. The van der Waals surface area contributed by atoms with Crippen LogP contribution in [0.15, 0.2) is 54.6 Å². The summed E-state index contributed by atoms with van der Waals surface area (Å²) in [6, 6.07) is 15.8. The van der Waals surface area contributed by atoms with Gasteiger partial charge in [0.15, 0.2) is 5.78 Å². The van der Waals surface area contributed by atoms with Gasteiger partial charge in [-0.2, -0.15) is 0 Å². The molecule has 2 aromatic carbocycles. The van der Waals surface area contributed by atoms with Gasteiger partial charge in [0.1, 0.15) is 18.0 Å². The zero-order valence-electron chi connectivity index (χ0n) is 14.1. The second-order valence-electron chi connectivity index (χ2n) is 6.48. The first kappa shape index (κ1) is 16.3. The Balaban J connectivity index is 1.40. The van der Waals surface area contributed by atoms with Gasteiger partial charge in [-0.1, -0.05) is 18.2 Å². The van der Waals surface area contributed by atoms with Crippen LogP contribution in [-0.2, 0) is 4.79 Å². The second-order valence-corrected chi connectivity index (χ2v) is 6.48. The predicted molar refractivity (Wildman–Crippen MR) is 94.1 cm³/mol. The molecule has 1 aliphatic heterocycles. The number of ketones is 1. The molecule has 2 fully saturated rings. The molecule has 1 saturated heterocycles. The number of ether oxygens (including phenoxy) is 1. The van der Waals surface area contributed by atoms with Crippen molar-refractivity contribution in [3.8, 4) is 11.5 Å². The minimum Gasteiger partial charge on any atom is -0.457 e. The molecule has 2 aromatic rings. The maximum atomic E-state index is 12.4. The molecule has 6 nitrogen and oxygen atoms in total. The van der Waals surface area contributed by atoms with E-state index in [0.29, 0.717) is 17.1 Å². The number of benzene rings is 2. The van der Waals surface area contributed by atoms with Crippen LogP contribution in [0.5, 0.6) is 11.5 Å². The van der Waals surface area contributed by atoms with Crippen LogP contribution in [0.25, 0.3) is 0 Å². The van der Waals surface area contributed by atoms with E-state index in [1.807, 2.05) is 30.3 Å². The Bertz CT molecular complexity index is 844. The van der Waals surface area contributed by atoms with E-state index >= 15 is 0 Å². The highest BCUT2D eigenvalue weighted by Gasteiger charge is 2.44. The number of hydrogen-bond acceptors (Lipinski definition) is 4. The van der Waals surface area contributed by atoms with Crippen LogP contribution in [0.4, 0.5) is 4.79 Å². The lowest BCUT2D eigenvalue weighted by molar-refractivity contribution is -0.125. The monoisotopic (exact) mass is 350 g/mol. The minimum absolute atomic E-state index is 0.0840. The van der Waals surface area contributed by atoms with Crippen LogP contribution in [0.1, 0.15) is 23.2 Å².